The summed E-state index contributed by atoms with van der Waals surface area (Å²) in [5.41, 5.74) is 0.981. The van der Waals surface area contributed by atoms with E-state index < -0.39 is 5.97 Å². The molecule has 0 unspecified atom stereocenters. The molecule has 3 rings (SSSR count). The van der Waals surface area contributed by atoms with Gasteiger partial charge >= 0.3 is 0 Å². The highest BCUT2D eigenvalue weighted by Gasteiger charge is 2.15. The Balaban J connectivity index is 2.03. The van der Waals surface area contributed by atoms with Crippen LogP contribution in [0.2, 0.25) is 0 Å². The molecule has 8 nitrogen and oxygen atoms in total. The van der Waals surface area contributed by atoms with Gasteiger partial charge in [-0.25, -0.2) is 0 Å². The molecule has 1 aromatic heterocycles. The molecule has 0 N–H and O–H groups in total. The lowest BCUT2D eigenvalue weighted by Gasteiger charge is -2.15. The smallest absolute Gasteiger partial charge is 0.184 e. The molecule has 8 heteroatoms. The number of carbonyl (C=O) groups is 1. The number of hydrogen-bond acceptors (Lipinski definition) is 7. The van der Waals surface area contributed by atoms with Crippen molar-refractivity contribution in [3.8, 4) is 22.9 Å². The van der Waals surface area contributed by atoms with E-state index in [-0.39, 0.29) is 17.1 Å². The number of aromatic carboxylic acids is 1. The molecule has 2 aromatic carbocycles. The fraction of sp³-hybridized carbons (Fsp3) is 0.111. The number of carboxylic acids is 1. The monoisotopic (exact) mass is 351 g/mol. The van der Waals surface area contributed by atoms with E-state index in [9.17, 15) is 9.90 Å². The Labute approximate surface area is 149 Å². The van der Waals surface area contributed by atoms with Gasteiger partial charge in [-0.1, -0.05) is 30.3 Å². The molecule has 0 saturated heterocycles. The van der Waals surface area contributed by atoms with E-state index in [0.29, 0.717) is 11.4 Å². The van der Waals surface area contributed by atoms with Crippen LogP contribution in [0.15, 0.2) is 53.9 Å². The first-order valence-electron chi connectivity index (χ1n) is 7.61. The van der Waals surface area contributed by atoms with E-state index in [1.165, 1.54) is 31.4 Å². The third-order valence-electron chi connectivity index (χ3n) is 3.67. The van der Waals surface area contributed by atoms with Crippen LogP contribution in [0.4, 0.5) is 0 Å². The van der Waals surface area contributed by atoms with Crippen molar-refractivity contribution in [2.75, 3.05) is 14.2 Å². The van der Waals surface area contributed by atoms with Crippen molar-refractivity contribution >= 4 is 12.2 Å². The van der Waals surface area contributed by atoms with Gasteiger partial charge in [0.1, 0.15) is 6.33 Å². The molecule has 0 saturated carbocycles. The molecule has 3 aromatic rings. The number of carboxylic acid groups (broad SMARTS) is 1. The van der Waals surface area contributed by atoms with Gasteiger partial charge in [-0.05, 0) is 12.1 Å². The highest BCUT2D eigenvalue weighted by molar-refractivity contribution is 6.00. The molecular weight excluding hydrogens is 336 g/mol. The Morgan fingerprint density at radius 1 is 1.15 bits per heavy atom. The standard InChI is InChI=1S/C18H16N4O4/c1-25-14-9-8-13(15(18(23)24)16(14)26-2)10-20-22-11-19-21-17(22)12-6-4-3-5-7-12/h3-11H,1-2H3,(H,23,24)/p-1/b20-10-. The Bertz CT molecular complexity index is 951. The molecule has 0 amide bonds. The third-order valence-corrected chi connectivity index (χ3v) is 3.67. The van der Waals surface area contributed by atoms with Crippen LogP contribution in [-0.2, 0) is 0 Å². The second-order valence-corrected chi connectivity index (χ2v) is 5.16. The number of aromatic nitrogens is 3. The molecule has 0 aliphatic rings. The number of hydrogen-bond donors (Lipinski definition) is 0. The van der Waals surface area contributed by atoms with Crippen LogP contribution in [0.25, 0.3) is 11.4 Å². The first kappa shape index (κ1) is 17.2. The predicted octanol–water partition coefficient (Wildman–Crippen LogP) is 1.21. The van der Waals surface area contributed by atoms with E-state index >= 15 is 0 Å². The minimum Gasteiger partial charge on any atom is -0.545 e. The zero-order valence-corrected chi connectivity index (χ0v) is 14.1. The predicted molar refractivity (Wildman–Crippen MR) is 92.3 cm³/mol. The van der Waals surface area contributed by atoms with Crippen LogP contribution in [0.5, 0.6) is 11.5 Å². The summed E-state index contributed by atoms with van der Waals surface area (Å²) in [5.74, 6) is -0.506. The fourth-order valence-electron chi connectivity index (χ4n) is 2.48. The van der Waals surface area contributed by atoms with E-state index in [1.54, 1.807) is 12.1 Å². The van der Waals surface area contributed by atoms with Crippen molar-refractivity contribution in [2.24, 2.45) is 5.10 Å². The molecule has 26 heavy (non-hydrogen) atoms. The molecule has 132 valence electrons. The van der Waals surface area contributed by atoms with Crippen LogP contribution in [-0.4, -0.2) is 41.3 Å². The molecule has 0 atom stereocenters. The number of ether oxygens (including phenoxy) is 2. The second-order valence-electron chi connectivity index (χ2n) is 5.16. The largest absolute Gasteiger partial charge is 0.545 e. The average Bonchev–Trinajstić information content (AvgIpc) is 3.14. The van der Waals surface area contributed by atoms with Crippen molar-refractivity contribution in [2.45, 2.75) is 0 Å². The Morgan fingerprint density at radius 3 is 2.58 bits per heavy atom. The van der Waals surface area contributed by atoms with Crippen molar-refractivity contribution < 1.29 is 19.4 Å². The number of carbonyl (C=O) groups excluding carboxylic acids is 1. The van der Waals surface area contributed by atoms with Crippen LogP contribution in [0.3, 0.4) is 0 Å². The summed E-state index contributed by atoms with van der Waals surface area (Å²) in [6, 6.07) is 12.5. The maximum Gasteiger partial charge on any atom is 0.184 e. The zero-order valence-electron chi connectivity index (χ0n) is 14.1. The molecule has 0 aliphatic carbocycles. The molecule has 0 aliphatic heterocycles. The van der Waals surface area contributed by atoms with Crippen molar-refractivity contribution in [3.63, 3.8) is 0 Å². The van der Waals surface area contributed by atoms with Gasteiger partial charge in [-0.2, -0.15) is 9.78 Å². The first-order valence-corrected chi connectivity index (χ1v) is 7.61. The summed E-state index contributed by atoms with van der Waals surface area (Å²) >= 11 is 0. The van der Waals surface area contributed by atoms with Crippen LogP contribution < -0.4 is 14.6 Å². The van der Waals surface area contributed by atoms with Gasteiger partial charge < -0.3 is 19.4 Å². The average molecular weight is 351 g/mol. The van der Waals surface area contributed by atoms with Crippen LogP contribution >= 0.6 is 0 Å². The normalized spacial score (nSPS) is 10.8. The summed E-state index contributed by atoms with van der Waals surface area (Å²) < 4.78 is 11.7. The summed E-state index contributed by atoms with van der Waals surface area (Å²) in [6.45, 7) is 0. The molecule has 0 spiro atoms. The second kappa shape index (κ2) is 7.47. The lowest BCUT2D eigenvalue weighted by Crippen LogP contribution is -2.25. The Morgan fingerprint density at radius 2 is 1.92 bits per heavy atom. The fourth-order valence-corrected chi connectivity index (χ4v) is 2.48. The lowest BCUT2D eigenvalue weighted by atomic mass is 10.1. The van der Waals surface area contributed by atoms with Gasteiger partial charge in [0.2, 0.25) is 0 Å². The Kier molecular flexibility index (Phi) is 4.93. The summed E-state index contributed by atoms with van der Waals surface area (Å²) in [7, 11) is 2.78. The lowest BCUT2D eigenvalue weighted by molar-refractivity contribution is -0.255. The minimum atomic E-state index is -1.39. The summed E-state index contributed by atoms with van der Waals surface area (Å²) in [5, 5.41) is 23.7. The van der Waals surface area contributed by atoms with E-state index in [2.05, 4.69) is 15.3 Å². The summed E-state index contributed by atoms with van der Waals surface area (Å²) in [6.07, 6.45) is 2.81. The number of nitrogens with zero attached hydrogens (tertiary/aromatic N) is 4. The van der Waals surface area contributed by atoms with Crippen LogP contribution in [0, 0.1) is 0 Å². The maximum absolute atomic E-state index is 11.6. The summed E-state index contributed by atoms with van der Waals surface area (Å²) in [4.78, 5) is 11.6. The van der Waals surface area contributed by atoms with Gasteiger partial charge in [-0.15, -0.1) is 10.2 Å². The topological polar surface area (TPSA) is 102 Å². The van der Waals surface area contributed by atoms with Gasteiger partial charge in [0.15, 0.2) is 17.3 Å². The molecule has 0 bridgehead atoms. The molecule has 0 fully saturated rings. The molecular formula is C18H15N4O4-. The minimum absolute atomic E-state index is 0.0727. The van der Waals surface area contributed by atoms with E-state index in [4.69, 9.17) is 9.47 Å². The Hall–Kier alpha value is -3.68. The number of methoxy groups -OCH3 is 2. The quantitative estimate of drug-likeness (QED) is 0.619. The highest BCUT2D eigenvalue weighted by Crippen LogP contribution is 2.32. The van der Waals surface area contributed by atoms with Crippen molar-refractivity contribution in [1.82, 2.24) is 14.9 Å². The maximum atomic E-state index is 11.6. The van der Waals surface area contributed by atoms with Crippen LogP contribution in [0.1, 0.15) is 15.9 Å². The third kappa shape index (κ3) is 3.25. The molecule has 1 heterocycles. The molecule has 0 radical (unpaired) electrons. The highest BCUT2D eigenvalue weighted by atomic mass is 16.5. The van der Waals surface area contributed by atoms with Gasteiger partial charge in [0, 0.05) is 11.1 Å². The van der Waals surface area contributed by atoms with Gasteiger partial charge in [0.25, 0.3) is 0 Å². The van der Waals surface area contributed by atoms with E-state index in [0.717, 1.165) is 5.56 Å². The number of rotatable bonds is 6. The van der Waals surface area contributed by atoms with Gasteiger partial charge in [0.05, 0.1) is 32.0 Å². The van der Waals surface area contributed by atoms with Crippen molar-refractivity contribution in [3.05, 3.63) is 59.9 Å². The first-order chi connectivity index (χ1) is 12.7. The van der Waals surface area contributed by atoms with E-state index in [1.807, 2.05) is 30.3 Å². The SMILES string of the molecule is COc1ccc(/C=N\n2cnnc2-c2ccccc2)c(C(=O)[O-])c1OC. The van der Waals surface area contributed by atoms with Gasteiger partial charge in [-0.3, -0.25) is 0 Å². The van der Waals surface area contributed by atoms with Crippen molar-refractivity contribution in [1.29, 1.82) is 0 Å². The number of benzene rings is 2. The zero-order chi connectivity index (χ0) is 18.5.